The molecule has 0 aromatic heterocycles. The van der Waals surface area contributed by atoms with Gasteiger partial charge in [0, 0.05) is 4.47 Å². The van der Waals surface area contributed by atoms with Crippen LogP contribution in [-0.4, -0.2) is 16.7 Å². The third-order valence-corrected chi connectivity index (χ3v) is 2.30. The van der Waals surface area contributed by atoms with Gasteiger partial charge in [-0.25, -0.2) is 9.18 Å². The molecule has 0 atom stereocenters. The van der Waals surface area contributed by atoms with Gasteiger partial charge in [-0.3, -0.25) is 0 Å². The highest BCUT2D eigenvalue weighted by atomic mass is 79.9. The van der Waals surface area contributed by atoms with Gasteiger partial charge in [0.25, 0.3) is 0 Å². The molecule has 1 rings (SSSR count). The molecule has 0 radical (unpaired) electrons. The molecule has 1 N–H and O–H groups in total. The van der Waals surface area contributed by atoms with E-state index in [0.717, 1.165) is 6.07 Å². The van der Waals surface area contributed by atoms with E-state index in [9.17, 15) is 13.6 Å². The third-order valence-electron chi connectivity index (χ3n) is 1.84. The highest BCUT2D eigenvalue weighted by Gasteiger charge is 2.31. The van der Waals surface area contributed by atoms with Gasteiger partial charge < -0.3 is 9.84 Å². The maximum atomic E-state index is 13.3. The van der Waals surface area contributed by atoms with Gasteiger partial charge in [-0.1, -0.05) is 15.9 Å². The van der Waals surface area contributed by atoms with Crippen molar-refractivity contribution in [3.63, 3.8) is 0 Å². The normalized spacial score (nSPS) is 11.3. The van der Waals surface area contributed by atoms with Crippen LogP contribution in [0.5, 0.6) is 5.75 Å². The van der Waals surface area contributed by atoms with Crippen molar-refractivity contribution in [3.8, 4) is 5.75 Å². The van der Waals surface area contributed by atoms with Gasteiger partial charge in [0.1, 0.15) is 0 Å². The average Bonchev–Trinajstić information content (AvgIpc) is 2.12. The minimum atomic E-state index is -1.63. The zero-order valence-corrected chi connectivity index (χ0v) is 10.1. The van der Waals surface area contributed by atoms with Crippen LogP contribution < -0.4 is 4.74 Å². The molecule has 0 saturated carbocycles. The Bertz CT molecular complexity index is 432. The van der Waals surface area contributed by atoms with Gasteiger partial charge >= 0.3 is 5.97 Å². The van der Waals surface area contributed by atoms with E-state index in [1.54, 1.807) is 0 Å². The van der Waals surface area contributed by atoms with Crippen molar-refractivity contribution in [2.45, 2.75) is 19.4 Å². The molecule has 0 fully saturated rings. The number of rotatable bonds is 3. The Morgan fingerprint density at radius 3 is 2.50 bits per heavy atom. The van der Waals surface area contributed by atoms with E-state index in [0.29, 0.717) is 0 Å². The van der Waals surface area contributed by atoms with E-state index in [1.807, 2.05) is 0 Å². The largest absolute Gasteiger partial charge is 0.478 e. The summed E-state index contributed by atoms with van der Waals surface area (Å²) >= 11 is 2.96. The fourth-order valence-electron chi connectivity index (χ4n) is 0.925. The number of carboxylic acid groups (broad SMARTS) is 1. The van der Waals surface area contributed by atoms with Crippen molar-refractivity contribution in [1.82, 2.24) is 0 Å². The van der Waals surface area contributed by atoms with Crippen LogP contribution in [0, 0.1) is 11.6 Å². The summed E-state index contributed by atoms with van der Waals surface area (Å²) in [6, 6.07) is 2.10. The van der Waals surface area contributed by atoms with E-state index in [2.05, 4.69) is 15.9 Å². The average molecular weight is 295 g/mol. The summed E-state index contributed by atoms with van der Waals surface area (Å²) in [5, 5.41) is 8.78. The summed E-state index contributed by atoms with van der Waals surface area (Å²) < 4.78 is 31.4. The van der Waals surface area contributed by atoms with Crippen molar-refractivity contribution in [2.24, 2.45) is 0 Å². The van der Waals surface area contributed by atoms with Gasteiger partial charge in [-0.05, 0) is 26.0 Å². The number of carbonyl (C=O) groups is 1. The van der Waals surface area contributed by atoms with Crippen LogP contribution in [0.2, 0.25) is 0 Å². The first-order valence-corrected chi connectivity index (χ1v) is 5.10. The van der Waals surface area contributed by atoms with E-state index in [4.69, 9.17) is 9.84 Å². The first kappa shape index (κ1) is 12.9. The van der Waals surface area contributed by atoms with E-state index in [-0.39, 0.29) is 4.47 Å². The summed E-state index contributed by atoms with van der Waals surface area (Å²) in [5.41, 5.74) is -1.63. The monoisotopic (exact) mass is 294 g/mol. The van der Waals surface area contributed by atoms with E-state index in [1.165, 1.54) is 19.9 Å². The number of benzene rings is 1. The Balaban J connectivity index is 3.11. The first-order valence-electron chi connectivity index (χ1n) is 4.31. The van der Waals surface area contributed by atoms with Gasteiger partial charge in [-0.15, -0.1) is 0 Å². The third kappa shape index (κ3) is 2.69. The molecule has 0 aliphatic heterocycles. The van der Waals surface area contributed by atoms with Crippen molar-refractivity contribution in [3.05, 3.63) is 28.2 Å². The Kier molecular flexibility index (Phi) is 3.52. The molecule has 0 saturated heterocycles. The summed E-state index contributed by atoms with van der Waals surface area (Å²) in [4.78, 5) is 10.8. The summed E-state index contributed by atoms with van der Waals surface area (Å²) in [5.74, 6) is -4.03. The Hall–Kier alpha value is -1.17. The van der Waals surface area contributed by atoms with Gasteiger partial charge in [0.2, 0.25) is 5.82 Å². The molecule has 0 bridgehead atoms. The number of hydrogen-bond acceptors (Lipinski definition) is 2. The molecule has 1 aromatic carbocycles. The number of halogens is 3. The van der Waals surface area contributed by atoms with E-state index >= 15 is 0 Å². The molecule has 88 valence electrons. The van der Waals surface area contributed by atoms with Crippen molar-refractivity contribution < 1.29 is 23.4 Å². The number of carboxylic acids is 1. The Labute approximate surface area is 99.2 Å². The van der Waals surface area contributed by atoms with Crippen LogP contribution in [0.3, 0.4) is 0 Å². The lowest BCUT2D eigenvalue weighted by Crippen LogP contribution is -2.38. The molecule has 16 heavy (non-hydrogen) atoms. The molecular weight excluding hydrogens is 286 g/mol. The highest BCUT2D eigenvalue weighted by molar-refractivity contribution is 9.10. The quantitative estimate of drug-likeness (QED) is 0.872. The van der Waals surface area contributed by atoms with Gasteiger partial charge in [0.15, 0.2) is 17.2 Å². The van der Waals surface area contributed by atoms with Crippen molar-refractivity contribution in [2.75, 3.05) is 0 Å². The maximum absolute atomic E-state index is 13.3. The van der Waals surface area contributed by atoms with Crippen LogP contribution in [0.25, 0.3) is 0 Å². The molecule has 0 aliphatic carbocycles. The Morgan fingerprint density at radius 2 is 2.00 bits per heavy atom. The molecule has 0 unspecified atom stereocenters. The minimum Gasteiger partial charge on any atom is -0.478 e. The second-order valence-corrected chi connectivity index (χ2v) is 4.53. The lowest BCUT2D eigenvalue weighted by Gasteiger charge is -2.21. The fourth-order valence-corrected chi connectivity index (χ4v) is 1.33. The smallest absolute Gasteiger partial charge is 0.347 e. The SMILES string of the molecule is CC(C)(Oc1cc(Br)cc(F)c1F)C(=O)O. The van der Waals surface area contributed by atoms with Crippen molar-refractivity contribution >= 4 is 21.9 Å². The predicted molar refractivity (Wildman–Crippen MR) is 56.4 cm³/mol. The molecule has 0 amide bonds. The topological polar surface area (TPSA) is 46.5 Å². The molecule has 0 aliphatic rings. The zero-order valence-electron chi connectivity index (χ0n) is 8.55. The molecule has 6 heteroatoms. The lowest BCUT2D eigenvalue weighted by atomic mass is 10.1. The second-order valence-electron chi connectivity index (χ2n) is 3.62. The number of ether oxygens (including phenoxy) is 1. The number of hydrogen-bond donors (Lipinski definition) is 1. The fraction of sp³-hybridized carbons (Fsp3) is 0.300. The van der Waals surface area contributed by atoms with Crippen LogP contribution in [0.4, 0.5) is 8.78 Å². The lowest BCUT2D eigenvalue weighted by molar-refractivity contribution is -0.152. The standard InChI is InChI=1S/C10H9BrF2O3/c1-10(2,9(14)15)16-7-4-5(11)3-6(12)8(7)13/h3-4H,1-2H3,(H,14,15). The maximum Gasteiger partial charge on any atom is 0.347 e. The molecule has 1 aromatic rings. The van der Waals surface area contributed by atoms with Crippen LogP contribution in [-0.2, 0) is 4.79 Å². The highest BCUT2D eigenvalue weighted by Crippen LogP contribution is 2.28. The molecular formula is C10H9BrF2O3. The number of aliphatic carboxylic acids is 1. The Morgan fingerprint density at radius 1 is 1.44 bits per heavy atom. The zero-order chi connectivity index (χ0) is 12.5. The van der Waals surface area contributed by atoms with Crippen LogP contribution in [0.15, 0.2) is 16.6 Å². The molecule has 0 spiro atoms. The van der Waals surface area contributed by atoms with Crippen molar-refractivity contribution in [1.29, 1.82) is 0 Å². The predicted octanol–water partition coefficient (Wildman–Crippen LogP) is 2.97. The summed E-state index contributed by atoms with van der Waals surface area (Å²) in [6.07, 6.45) is 0. The first-order chi connectivity index (χ1) is 7.24. The summed E-state index contributed by atoms with van der Waals surface area (Å²) in [7, 11) is 0. The summed E-state index contributed by atoms with van der Waals surface area (Å²) in [6.45, 7) is 2.49. The molecule has 3 nitrogen and oxygen atoms in total. The van der Waals surface area contributed by atoms with Crippen LogP contribution in [0.1, 0.15) is 13.8 Å². The van der Waals surface area contributed by atoms with Gasteiger partial charge in [-0.2, -0.15) is 4.39 Å². The second kappa shape index (κ2) is 4.37. The minimum absolute atomic E-state index is 0.266. The molecule has 0 heterocycles. The van der Waals surface area contributed by atoms with Crippen LogP contribution >= 0.6 is 15.9 Å². The van der Waals surface area contributed by atoms with Gasteiger partial charge in [0.05, 0.1) is 0 Å². The van der Waals surface area contributed by atoms with E-state index < -0.39 is 29.0 Å².